The highest BCUT2D eigenvalue weighted by Gasteiger charge is 2.11. The van der Waals surface area contributed by atoms with Crippen molar-refractivity contribution in [1.82, 2.24) is 19.7 Å². The molecule has 0 saturated heterocycles. The van der Waals surface area contributed by atoms with Gasteiger partial charge in [0.1, 0.15) is 16.9 Å². The second kappa shape index (κ2) is 8.83. The Balaban J connectivity index is 1.42. The summed E-state index contributed by atoms with van der Waals surface area (Å²) in [5.74, 6) is 2.23. The summed E-state index contributed by atoms with van der Waals surface area (Å²) in [4.78, 5) is 19.8. The number of aromatic amines is 1. The Hall–Kier alpha value is -3.26. The monoisotopic (exact) mass is 408 g/mol. The third-order valence-electron chi connectivity index (χ3n) is 4.14. The molecule has 0 aliphatic carbocycles. The van der Waals surface area contributed by atoms with E-state index >= 15 is 0 Å². The molecule has 0 aliphatic heterocycles. The predicted octanol–water partition coefficient (Wildman–Crippen LogP) is 3.68. The zero-order valence-corrected chi connectivity index (χ0v) is 16.7. The Morgan fingerprint density at radius 2 is 1.76 bits per heavy atom. The van der Waals surface area contributed by atoms with Crippen molar-refractivity contribution in [3.05, 3.63) is 71.1 Å². The Labute approximate surface area is 171 Å². The maximum Gasteiger partial charge on any atom is 0.262 e. The first-order valence-corrected chi connectivity index (χ1v) is 10.2. The molecule has 0 fully saturated rings. The van der Waals surface area contributed by atoms with Crippen molar-refractivity contribution in [1.29, 1.82) is 0 Å². The number of aromatic nitrogens is 4. The lowest BCUT2D eigenvalue weighted by atomic mass is 10.3. The van der Waals surface area contributed by atoms with E-state index in [1.165, 1.54) is 18.0 Å². The average molecular weight is 408 g/mol. The van der Waals surface area contributed by atoms with Crippen molar-refractivity contribution in [3.8, 4) is 17.2 Å². The standard InChI is InChI=1S/C21H20N4O3S/c1-2-27-16-8-10-17(11-9-16)28-12-13-29-21-23-19-18(20(26)24-21)14-22-25(19)15-6-4-3-5-7-15/h3-11,14H,2,12-13H2,1H3,(H,23,24,26). The van der Waals surface area contributed by atoms with E-state index in [0.717, 1.165) is 17.2 Å². The van der Waals surface area contributed by atoms with E-state index < -0.39 is 0 Å². The van der Waals surface area contributed by atoms with Crippen molar-refractivity contribution in [3.63, 3.8) is 0 Å². The Kier molecular flexibility index (Phi) is 5.81. The van der Waals surface area contributed by atoms with Crippen LogP contribution in [0.4, 0.5) is 0 Å². The minimum absolute atomic E-state index is 0.202. The summed E-state index contributed by atoms with van der Waals surface area (Å²) in [6.45, 7) is 3.07. The van der Waals surface area contributed by atoms with Crippen LogP contribution >= 0.6 is 11.8 Å². The van der Waals surface area contributed by atoms with Gasteiger partial charge in [-0.3, -0.25) is 4.79 Å². The van der Waals surface area contributed by atoms with Gasteiger partial charge in [0, 0.05) is 5.75 Å². The fourth-order valence-electron chi connectivity index (χ4n) is 2.82. The number of ether oxygens (including phenoxy) is 2. The smallest absolute Gasteiger partial charge is 0.262 e. The van der Waals surface area contributed by atoms with Gasteiger partial charge in [0.2, 0.25) is 0 Å². The molecule has 8 heteroatoms. The molecule has 0 radical (unpaired) electrons. The Morgan fingerprint density at radius 1 is 1.03 bits per heavy atom. The zero-order chi connectivity index (χ0) is 20.1. The van der Waals surface area contributed by atoms with Gasteiger partial charge in [0.05, 0.1) is 25.1 Å². The lowest BCUT2D eigenvalue weighted by Crippen LogP contribution is -2.10. The van der Waals surface area contributed by atoms with Crippen LogP contribution in [-0.4, -0.2) is 38.7 Å². The normalized spacial score (nSPS) is 10.9. The van der Waals surface area contributed by atoms with Crippen LogP contribution in [0.15, 0.2) is 70.7 Å². The number of hydrogen-bond donors (Lipinski definition) is 1. The van der Waals surface area contributed by atoms with Gasteiger partial charge in [0.15, 0.2) is 10.8 Å². The van der Waals surface area contributed by atoms with Gasteiger partial charge in [-0.2, -0.15) is 5.10 Å². The number of thioether (sulfide) groups is 1. The van der Waals surface area contributed by atoms with E-state index in [1.807, 2.05) is 61.5 Å². The van der Waals surface area contributed by atoms with Crippen LogP contribution < -0.4 is 15.0 Å². The van der Waals surface area contributed by atoms with Gasteiger partial charge in [-0.15, -0.1) is 0 Å². The minimum atomic E-state index is -0.202. The summed E-state index contributed by atoms with van der Waals surface area (Å²) >= 11 is 1.43. The molecule has 0 aliphatic rings. The summed E-state index contributed by atoms with van der Waals surface area (Å²) in [5, 5.41) is 5.31. The van der Waals surface area contributed by atoms with Crippen LogP contribution in [0.3, 0.4) is 0 Å². The number of para-hydroxylation sites is 1. The second-order valence-corrected chi connectivity index (χ2v) is 7.19. The van der Waals surface area contributed by atoms with E-state index in [1.54, 1.807) is 4.68 Å². The van der Waals surface area contributed by atoms with Crippen LogP contribution in [0.1, 0.15) is 6.92 Å². The fourth-order valence-corrected chi connectivity index (χ4v) is 3.50. The van der Waals surface area contributed by atoms with Crippen molar-refractivity contribution >= 4 is 22.8 Å². The summed E-state index contributed by atoms with van der Waals surface area (Å²) < 4.78 is 12.8. The molecule has 29 heavy (non-hydrogen) atoms. The maximum absolute atomic E-state index is 12.4. The van der Waals surface area contributed by atoms with E-state index in [-0.39, 0.29) is 5.56 Å². The molecule has 0 unspecified atom stereocenters. The van der Waals surface area contributed by atoms with Crippen LogP contribution in [0, 0.1) is 0 Å². The van der Waals surface area contributed by atoms with Gasteiger partial charge >= 0.3 is 0 Å². The molecule has 4 aromatic rings. The lowest BCUT2D eigenvalue weighted by Gasteiger charge is -2.08. The molecule has 4 rings (SSSR count). The topological polar surface area (TPSA) is 82.0 Å². The van der Waals surface area contributed by atoms with Crippen LogP contribution in [0.5, 0.6) is 11.5 Å². The third kappa shape index (κ3) is 4.43. The number of hydrogen-bond acceptors (Lipinski definition) is 6. The van der Waals surface area contributed by atoms with E-state index in [9.17, 15) is 4.79 Å². The quantitative estimate of drug-likeness (QED) is 0.272. The number of H-pyrrole nitrogens is 1. The molecule has 2 aromatic heterocycles. The molecule has 0 saturated carbocycles. The first-order valence-electron chi connectivity index (χ1n) is 9.26. The fraction of sp³-hybridized carbons (Fsp3) is 0.190. The SMILES string of the molecule is CCOc1ccc(OCCSc2nc3c(cnn3-c3ccccc3)c(=O)[nH]2)cc1. The van der Waals surface area contributed by atoms with E-state index in [0.29, 0.717) is 35.2 Å². The van der Waals surface area contributed by atoms with Gasteiger partial charge in [0.25, 0.3) is 5.56 Å². The van der Waals surface area contributed by atoms with Crippen molar-refractivity contribution in [2.75, 3.05) is 19.0 Å². The van der Waals surface area contributed by atoms with Crippen molar-refractivity contribution < 1.29 is 9.47 Å². The number of benzene rings is 2. The summed E-state index contributed by atoms with van der Waals surface area (Å²) in [6.07, 6.45) is 1.54. The molecule has 148 valence electrons. The zero-order valence-electron chi connectivity index (χ0n) is 15.9. The predicted molar refractivity (Wildman–Crippen MR) is 113 cm³/mol. The van der Waals surface area contributed by atoms with Gasteiger partial charge < -0.3 is 14.5 Å². The highest BCUT2D eigenvalue weighted by atomic mass is 32.2. The van der Waals surface area contributed by atoms with Crippen LogP contribution in [0.25, 0.3) is 16.7 Å². The molecule has 0 spiro atoms. The van der Waals surface area contributed by atoms with Gasteiger partial charge in [-0.1, -0.05) is 30.0 Å². The number of rotatable bonds is 8. The molecule has 2 heterocycles. The number of nitrogens with one attached hydrogen (secondary N) is 1. The molecule has 2 aromatic carbocycles. The van der Waals surface area contributed by atoms with Crippen molar-refractivity contribution in [2.45, 2.75) is 12.1 Å². The molecule has 0 bridgehead atoms. The molecular formula is C21H20N4O3S. The lowest BCUT2D eigenvalue weighted by molar-refractivity contribution is 0.332. The first kappa shape index (κ1) is 19.1. The Bertz CT molecular complexity index is 1140. The summed E-state index contributed by atoms with van der Waals surface area (Å²) in [7, 11) is 0. The largest absolute Gasteiger partial charge is 0.494 e. The van der Waals surface area contributed by atoms with Gasteiger partial charge in [-0.05, 0) is 43.3 Å². The minimum Gasteiger partial charge on any atom is -0.494 e. The molecule has 0 atom stereocenters. The summed E-state index contributed by atoms with van der Waals surface area (Å²) in [5.41, 5.74) is 1.19. The van der Waals surface area contributed by atoms with Crippen LogP contribution in [0.2, 0.25) is 0 Å². The first-order chi connectivity index (χ1) is 14.2. The number of nitrogens with zero attached hydrogens (tertiary/aromatic N) is 3. The van der Waals surface area contributed by atoms with Crippen molar-refractivity contribution in [2.24, 2.45) is 0 Å². The third-order valence-corrected chi connectivity index (χ3v) is 4.98. The highest BCUT2D eigenvalue weighted by Crippen LogP contribution is 2.20. The molecule has 1 N–H and O–H groups in total. The highest BCUT2D eigenvalue weighted by molar-refractivity contribution is 7.99. The molecule has 0 amide bonds. The summed E-state index contributed by atoms with van der Waals surface area (Å²) in [6, 6.07) is 17.1. The number of fused-ring (bicyclic) bond motifs is 1. The van der Waals surface area contributed by atoms with E-state index in [4.69, 9.17) is 9.47 Å². The van der Waals surface area contributed by atoms with E-state index in [2.05, 4.69) is 15.1 Å². The van der Waals surface area contributed by atoms with Crippen LogP contribution in [-0.2, 0) is 0 Å². The Morgan fingerprint density at radius 3 is 2.48 bits per heavy atom. The molecule has 7 nitrogen and oxygen atoms in total. The maximum atomic E-state index is 12.4. The van der Waals surface area contributed by atoms with Gasteiger partial charge in [-0.25, -0.2) is 9.67 Å². The average Bonchev–Trinajstić information content (AvgIpc) is 3.18. The second-order valence-electron chi connectivity index (χ2n) is 6.10. The molecular weight excluding hydrogens is 388 g/mol.